The molecule has 0 bridgehead atoms. The summed E-state index contributed by atoms with van der Waals surface area (Å²) in [5.41, 5.74) is 4.58. The maximum absolute atomic E-state index is 12.7. The predicted octanol–water partition coefficient (Wildman–Crippen LogP) is 6.47. The van der Waals surface area contributed by atoms with Gasteiger partial charge in [0.1, 0.15) is 5.75 Å². The van der Waals surface area contributed by atoms with Crippen LogP contribution in [0.25, 0.3) is 0 Å². The van der Waals surface area contributed by atoms with E-state index < -0.39 is 18.4 Å². The number of urea groups is 1. The summed E-state index contributed by atoms with van der Waals surface area (Å²) >= 11 is 1.67. The number of aliphatic hydroxyl groups is 1. The Labute approximate surface area is 274 Å². The Morgan fingerprint density at radius 1 is 0.826 bits per heavy atom. The van der Waals surface area contributed by atoms with E-state index in [9.17, 15) is 19.8 Å². The minimum Gasteiger partial charge on any atom is -0.508 e. The van der Waals surface area contributed by atoms with Crippen molar-refractivity contribution in [2.24, 2.45) is 5.92 Å². The molecule has 5 rings (SSSR count). The lowest BCUT2D eigenvalue weighted by Gasteiger charge is -2.41. The van der Waals surface area contributed by atoms with E-state index in [0.29, 0.717) is 12.2 Å². The molecule has 4 N–H and O–H groups in total. The molecule has 2 amide bonds. The van der Waals surface area contributed by atoms with Gasteiger partial charge in [-0.05, 0) is 59.9 Å². The zero-order valence-electron chi connectivity index (χ0n) is 26.0. The van der Waals surface area contributed by atoms with Gasteiger partial charge in [-0.1, -0.05) is 85.8 Å². The Morgan fingerprint density at radius 3 is 2.13 bits per heavy atom. The van der Waals surface area contributed by atoms with Crippen LogP contribution < -0.4 is 10.6 Å². The van der Waals surface area contributed by atoms with Gasteiger partial charge in [0.25, 0.3) is 0 Å². The number of amides is 2. The Hall–Kier alpha value is -4.15. The number of thioether (sulfide) groups is 1. The Morgan fingerprint density at radius 2 is 1.48 bits per heavy atom. The molecule has 240 valence electrons. The first kappa shape index (κ1) is 33.2. The van der Waals surface area contributed by atoms with E-state index in [-0.39, 0.29) is 42.8 Å². The maximum Gasteiger partial charge on any atom is 0.315 e. The topological polar surface area (TPSA) is 117 Å². The van der Waals surface area contributed by atoms with Gasteiger partial charge in [0.15, 0.2) is 12.1 Å². The lowest BCUT2D eigenvalue weighted by Crippen LogP contribution is -2.46. The number of Topliss-reactive ketones (excluding diaryl/α,β-unsaturated/α-hetero) is 1. The minimum absolute atomic E-state index is 0.0210. The number of hydrogen-bond acceptors (Lipinski definition) is 7. The number of benzene rings is 4. The van der Waals surface area contributed by atoms with E-state index in [0.717, 1.165) is 32.7 Å². The Kier molecular flexibility index (Phi) is 11.5. The van der Waals surface area contributed by atoms with Crippen LogP contribution in [0.5, 0.6) is 5.75 Å². The van der Waals surface area contributed by atoms with Crippen molar-refractivity contribution in [2.45, 2.75) is 62.9 Å². The minimum atomic E-state index is -0.610. The van der Waals surface area contributed by atoms with Crippen molar-refractivity contribution in [3.8, 4) is 5.75 Å². The normalized spacial score (nSPS) is 20.1. The summed E-state index contributed by atoms with van der Waals surface area (Å²) in [4.78, 5) is 25.9. The molecule has 1 unspecified atom stereocenters. The van der Waals surface area contributed by atoms with Crippen LogP contribution in [0.4, 0.5) is 4.79 Å². The number of aliphatic hydroxyl groups excluding tert-OH is 1. The lowest BCUT2D eigenvalue weighted by molar-refractivity contribution is -0.268. The molecule has 5 atom stereocenters. The summed E-state index contributed by atoms with van der Waals surface area (Å²) in [5, 5.41) is 24.8. The predicted molar refractivity (Wildman–Crippen MR) is 178 cm³/mol. The average molecular weight is 641 g/mol. The van der Waals surface area contributed by atoms with Gasteiger partial charge in [0.05, 0.1) is 24.9 Å². The molecule has 1 aliphatic heterocycles. The van der Waals surface area contributed by atoms with Crippen molar-refractivity contribution in [1.82, 2.24) is 10.6 Å². The van der Waals surface area contributed by atoms with Crippen LogP contribution in [-0.4, -0.2) is 39.9 Å². The number of phenols is 1. The van der Waals surface area contributed by atoms with E-state index in [1.54, 1.807) is 23.9 Å². The van der Waals surface area contributed by atoms with Crippen molar-refractivity contribution in [3.05, 3.63) is 131 Å². The first-order valence-electron chi connectivity index (χ1n) is 15.4. The summed E-state index contributed by atoms with van der Waals surface area (Å²) in [7, 11) is 0. The van der Waals surface area contributed by atoms with Gasteiger partial charge in [0.2, 0.25) is 0 Å². The van der Waals surface area contributed by atoms with Crippen LogP contribution >= 0.6 is 11.8 Å². The highest BCUT2D eigenvalue weighted by Crippen LogP contribution is 2.43. The fourth-order valence-electron chi connectivity index (χ4n) is 5.36. The molecule has 8 nitrogen and oxygen atoms in total. The van der Waals surface area contributed by atoms with Crippen molar-refractivity contribution < 1.29 is 29.3 Å². The average Bonchev–Trinajstić information content (AvgIpc) is 3.08. The second-order valence-electron chi connectivity index (χ2n) is 11.5. The fourth-order valence-corrected chi connectivity index (χ4v) is 6.43. The smallest absolute Gasteiger partial charge is 0.315 e. The molecule has 1 saturated heterocycles. The van der Waals surface area contributed by atoms with Crippen molar-refractivity contribution in [1.29, 1.82) is 0 Å². The van der Waals surface area contributed by atoms with Gasteiger partial charge < -0.3 is 30.3 Å². The maximum atomic E-state index is 12.7. The molecule has 46 heavy (non-hydrogen) atoms. The summed E-state index contributed by atoms with van der Waals surface area (Å²) in [6.45, 7) is 3.87. The van der Waals surface area contributed by atoms with Crippen LogP contribution in [0.1, 0.15) is 54.1 Å². The van der Waals surface area contributed by atoms with E-state index in [2.05, 4.69) is 17.6 Å². The summed E-state index contributed by atoms with van der Waals surface area (Å²) < 4.78 is 13.1. The standard InChI is InChI=1S/C37H40N2O6S/c1-24-34(23-46-32-18-16-31(42)17-19-32)44-36(45-35(24)29-12-10-28(22-40)11-13-29)30-14-8-27(9-15-30)21-38-37(43)39-33(25(2)41)20-26-6-4-3-5-7-26/h3-19,24,33-36,40,42H,20-23H2,1-2H3,(H2,38,39,43)/t24-,33+,34+,35+,36?/m0/s1. The van der Waals surface area contributed by atoms with Crippen molar-refractivity contribution >= 4 is 23.6 Å². The van der Waals surface area contributed by atoms with Crippen molar-refractivity contribution in [3.63, 3.8) is 0 Å². The number of ketones is 1. The van der Waals surface area contributed by atoms with Gasteiger partial charge in [-0.2, -0.15) is 0 Å². The second-order valence-corrected chi connectivity index (χ2v) is 12.6. The molecule has 4 aromatic carbocycles. The molecule has 0 spiro atoms. The Bertz CT molecular complexity index is 1560. The SMILES string of the molecule is CC(=O)[C@@H](Cc1ccccc1)NC(=O)NCc1ccc(C2O[C@H](CSc3ccc(O)cc3)[C@H](C)[C@H](c3ccc(CO)cc3)O2)cc1. The highest BCUT2D eigenvalue weighted by Gasteiger charge is 2.38. The molecule has 4 aromatic rings. The Balaban J connectivity index is 1.23. The van der Waals surface area contributed by atoms with Gasteiger partial charge in [-0.3, -0.25) is 4.79 Å². The third kappa shape index (κ3) is 8.98. The first-order chi connectivity index (χ1) is 22.3. The number of phenolic OH excluding ortho intramolecular Hbond substituents is 1. The largest absolute Gasteiger partial charge is 0.508 e. The third-order valence-electron chi connectivity index (χ3n) is 8.16. The zero-order valence-corrected chi connectivity index (χ0v) is 26.8. The molecule has 0 aromatic heterocycles. The molecule has 0 saturated carbocycles. The van der Waals surface area contributed by atoms with E-state index >= 15 is 0 Å². The third-order valence-corrected chi connectivity index (χ3v) is 9.26. The molecular formula is C37H40N2O6S. The molecule has 0 aliphatic carbocycles. The van der Waals surface area contributed by atoms with E-state index in [4.69, 9.17) is 9.47 Å². The first-order valence-corrected chi connectivity index (χ1v) is 16.4. The van der Waals surface area contributed by atoms with Crippen LogP contribution in [0.15, 0.2) is 108 Å². The molecule has 9 heteroatoms. The number of nitrogens with one attached hydrogen (secondary N) is 2. The van der Waals surface area contributed by atoms with Crippen molar-refractivity contribution in [2.75, 3.05) is 5.75 Å². The zero-order chi connectivity index (χ0) is 32.5. The van der Waals surface area contributed by atoms with E-state index in [1.165, 1.54) is 6.92 Å². The van der Waals surface area contributed by atoms with Gasteiger partial charge in [-0.25, -0.2) is 4.79 Å². The van der Waals surface area contributed by atoms with Crippen LogP contribution in [-0.2, 0) is 33.8 Å². The number of carbonyl (C=O) groups excluding carboxylic acids is 2. The van der Waals surface area contributed by atoms with Crippen LogP contribution in [0.2, 0.25) is 0 Å². The summed E-state index contributed by atoms with van der Waals surface area (Å²) in [6, 6.07) is 31.3. The number of aromatic hydroxyl groups is 1. The number of rotatable bonds is 12. The molecule has 0 radical (unpaired) electrons. The molecular weight excluding hydrogens is 600 g/mol. The fraction of sp³-hybridized carbons (Fsp3) is 0.297. The number of carbonyl (C=O) groups is 2. The van der Waals surface area contributed by atoms with Gasteiger partial charge in [0, 0.05) is 28.7 Å². The summed E-state index contributed by atoms with van der Waals surface area (Å²) in [6.07, 6.45) is -0.537. The summed E-state index contributed by atoms with van der Waals surface area (Å²) in [5.74, 6) is 0.866. The molecule has 1 fully saturated rings. The quantitative estimate of drug-likeness (QED) is 0.131. The number of ether oxygens (including phenoxy) is 2. The van der Waals surface area contributed by atoms with Crippen LogP contribution in [0.3, 0.4) is 0 Å². The molecule has 1 aliphatic rings. The molecule has 1 heterocycles. The van der Waals surface area contributed by atoms with E-state index in [1.807, 2.05) is 91.0 Å². The van der Waals surface area contributed by atoms with Gasteiger partial charge in [-0.15, -0.1) is 11.8 Å². The van der Waals surface area contributed by atoms with Crippen LogP contribution in [0, 0.1) is 5.92 Å². The monoisotopic (exact) mass is 640 g/mol. The highest BCUT2D eigenvalue weighted by atomic mass is 32.2. The number of hydrogen-bond donors (Lipinski definition) is 4. The van der Waals surface area contributed by atoms with Gasteiger partial charge >= 0.3 is 6.03 Å². The second kappa shape index (κ2) is 15.9. The highest BCUT2D eigenvalue weighted by molar-refractivity contribution is 7.99. The lowest BCUT2D eigenvalue weighted by atomic mass is 9.91.